The summed E-state index contributed by atoms with van der Waals surface area (Å²) < 4.78 is 42.3. The Morgan fingerprint density at radius 2 is 1.46 bits per heavy atom. The minimum Gasteiger partial charge on any atom is -0.357 e. The zero-order valence-electron chi connectivity index (χ0n) is 22.3. The van der Waals surface area contributed by atoms with E-state index < -0.39 is 40.2 Å². The second kappa shape index (κ2) is 13.4. The molecule has 0 saturated carbocycles. The van der Waals surface area contributed by atoms with E-state index in [0.717, 1.165) is 22.0 Å². The van der Waals surface area contributed by atoms with Gasteiger partial charge in [0.15, 0.2) is 0 Å². The van der Waals surface area contributed by atoms with Crippen molar-refractivity contribution in [1.29, 1.82) is 0 Å². The summed E-state index contributed by atoms with van der Waals surface area (Å²) in [5.74, 6) is -1.59. The Morgan fingerprint density at radius 3 is 2.07 bits per heavy atom. The lowest BCUT2D eigenvalue weighted by molar-refractivity contribution is -0.139. The molecule has 0 bridgehead atoms. The third-order valence-corrected chi connectivity index (χ3v) is 8.51. The first kappa shape index (κ1) is 29.8. The van der Waals surface area contributed by atoms with E-state index in [1.54, 1.807) is 42.5 Å². The van der Waals surface area contributed by atoms with Crippen molar-refractivity contribution in [3.63, 3.8) is 0 Å². The number of halogens is 2. The van der Waals surface area contributed by atoms with Gasteiger partial charge in [-0.15, -0.1) is 0 Å². The summed E-state index contributed by atoms with van der Waals surface area (Å²) in [6.07, 6.45) is 0.189. The monoisotopic (exact) mass is 593 g/mol. The number of amides is 2. The van der Waals surface area contributed by atoms with Crippen LogP contribution in [0.1, 0.15) is 11.1 Å². The summed E-state index contributed by atoms with van der Waals surface area (Å²) >= 11 is 6.21. The summed E-state index contributed by atoms with van der Waals surface area (Å²) in [5.41, 5.74) is 1.58. The van der Waals surface area contributed by atoms with Crippen LogP contribution < -0.4 is 9.62 Å². The average molecular weight is 594 g/mol. The number of nitrogens with zero attached hydrogens (tertiary/aromatic N) is 2. The first-order chi connectivity index (χ1) is 19.7. The van der Waals surface area contributed by atoms with Crippen LogP contribution in [0.3, 0.4) is 0 Å². The highest BCUT2D eigenvalue weighted by atomic mass is 35.5. The molecule has 0 aliphatic heterocycles. The van der Waals surface area contributed by atoms with Gasteiger partial charge in [-0.3, -0.25) is 13.9 Å². The van der Waals surface area contributed by atoms with Gasteiger partial charge in [-0.2, -0.15) is 0 Å². The number of benzene rings is 4. The first-order valence-electron chi connectivity index (χ1n) is 12.8. The molecule has 0 heterocycles. The molecule has 0 aliphatic rings. The smallest absolute Gasteiger partial charge is 0.264 e. The van der Waals surface area contributed by atoms with Crippen LogP contribution in [0.4, 0.5) is 10.1 Å². The minimum absolute atomic E-state index is 0.00699. The van der Waals surface area contributed by atoms with E-state index >= 15 is 0 Å². The van der Waals surface area contributed by atoms with Crippen molar-refractivity contribution in [1.82, 2.24) is 10.2 Å². The standard InChI is InChI=1S/C31H29ClFN3O4S/c1-34-31(38)29(20-23-9-4-2-5-10-23)35(21-24-11-8-12-25(32)19-24)30(37)22-36(27-17-15-26(33)16-18-27)41(39,40)28-13-6-3-7-14-28/h2-19,29H,20-22H2,1H3,(H,34,38). The van der Waals surface area contributed by atoms with Crippen LogP contribution in [0, 0.1) is 5.82 Å². The summed E-state index contributed by atoms with van der Waals surface area (Å²) in [7, 11) is -2.76. The van der Waals surface area contributed by atoms with Crippen molar-refractivity contribution in [2.45, 2.75) is 23.9 Å². The van der Waals surface area contributed by atoms with Gasteiger partial charge in [0, 0.05) is 25.0 Å². The van der Waals surface area contributed by atoms with E-state index in [9.17, 15) is 22.4 Å². The van der Waals surface area contributed by atoms with Crippen molar-refractivity contribution in [2.24, 2.45) is 0 Å². The molecule has 7 nitrogen and oxygen atoms in total. The maximum absolute atomic E-state index is 14.1. The third-order valence-electron chi connectivity index (χ3n) is 6.48. The summed E-state index contributed by atoms with van der Waals surface area (Å²) in [5, 5.41) is 3.09. The van der Waals surface area contributed by atoms with Crippen molar-refractivity contribution in [3.05, 3.63) is 131 Å². The van der Waals surface area contributed by atoms with Gasteiger partial charge in [-0.1, -0.05) is 72.3 Å². The molecular formula is C31H29ClFN3O4S. The van der Waals surface area contributed by atoms with Crippen LogP contribution in [-0.2, 0) is 32.6 Å². The Kier molecular flexibility index (Phi) is 9.75. The topological polar surface area (TPSA) is 86.8 Å². The third kappa shape index (κ3) is 7.50. The van der Waals surface area contributed by atoms with E-state index in [4.69, 9.17) is 11.6 Å². The number of likely N-dealkylation sites (N-methyl/N-ethyl adjacent to an activating group) is 1. The highest BCUT2D eigenvalue weighted by molar-refractivity contribution is 7.92. The van der Waals surface area contributed by atoms with E-state index in [-0.39, 0.29) is 23.5 Å². The van der Waals surface area contributed by atoms with Crippen LogP contribution in [0.2, 0.25) is 5.02 Å². The Bertz CT molecular complexity index is 1590. The molecule has 4 rings (SSSR count). The second-order valence-corrected chi connectivity index (χ2v) is 11.6. The molecule has 0 aliphatic carbocycles. The maximum atomic E-state index is 14.1. The number of anilines is 1. The molecule has 41 heavy (non-hydrogen) atoms. The lowest BCUT2D eigenvalue weighted by Gasteiger charge is -2.33. The molecule has 4 aromatic carbocycles. The molecule has 212 valence electrons. The number of hydrogen-bond acceptors (Lipinski definition) is 4. The number of rotatable bonds is 11. The Morgan fingerprint density at radius 1 is 0.854 bits per heavy atom. The predicted molar refractivity (Wildman–Crippen MR) is 157 cm³/mol. The van der Waals surface area contributed by atoms with E-state index in [1.165, 1.54) is 36.2 Å². The number of sulfonamides is 1. The Labute approximate surface area is 244 Å². The molecule has 1 N–H and O–H groups in total. The fourth-order valence-electron chi connectivity index (χ4n) is 4.41. The van der Waals surface area contributed by atoms with E-state index in [2.05, 4.69) is 5.32 Å². The first-order valence-corrected chi connectivity index (χ1v) is 14.6. The zero-order chi connectivity index (χ0) is 29.4. The highest BCUT2D eigenvalue weighted by Crippen LogP contribution is 2.25. The number of nitrogens with one attached hydrogen (secondary N) is 1. The van der Waals surface area contributed by atoms with Gasteiger partial charge in [0.2, 0.25) is 11.8 Å². The van der Waals surface area contributed by atoms with Gasteiger partial charge in [-0.25, -0.2) is 12.8 Å². The number of carbonyl (C=O) groups is 2. The van der Waals surface area contributed by atoms with Gasteiger partial charge in [0.1, 0.15) is 18.4 Å². The molecule has 1 atom stereocenters. The van der Waals surface area contributed by atoms with Crippen molar-refractivity contribution < 1.29 is 22.4 Å². The molecular weight excluding hydrogens is 565 g/mol. The average Bonchev–Trinajstić information content (AvgIpc) is 2.98. The van der Waals surface area contributed by atoms with Gasteiger partial charge in [0.05, 0.1) is 10.6 Å². The van der Waals surface area contributed by atoms with Crippen LogP contribution in [0.5, 0.6) is 0 Å². The molecule has 0 radical (unpaired) electrons. The van der Waals surface area contributed by atoms with Crippen LogP contribution in [0.15, 0.2) is 114 Å². The highest BCUT2D eigenvalue weighted by Gasteiger charge is 2.34. The Balaban J connectivity index is 1.78. The van der Waals surface area contributed by atoms with Crippen molar-refractivity contribution in [2.75, 3.05) is 17.9 Å². The molecule has 0 fully saturated rings. The molecule has 1 unspecified atom stereocenters. The van der Waals surface area contributed by atoms with E-state index in [1.807, 2.05) is 30.3 Å². The minimum atomic E-state index is -4.24. The van der Waals surface area contributed by atoms with Gasteiger partial charge in [0.25, 0.3) is 10.0 Å². The quantitative estimate of drug-likeness (QED) is 0.263. The fraction of sp³-hybridized carbons (Fsp3) is 0.161. The lowest BCUT2D eigenvalue weighted by atomic mass is 10.0. The molecule has 0 aromatic heterocycles. The number of hydrogen-bond donors (Lipinski definition) is 1. The fourth-order valence-corrected chi connectivity index (χ4v) is 6.06. The van der Waals surface area contributed by atoms with E-state index in [0.29, 0.717) is 10.6 Å². The largest absolute Gasteiger partial charge is 0.357 e. The second-order valence-electron chi connectivity index (χ2n) is 9.27. The lowest BCUT2D eigenvalue weighted by Crippen LogP contribution is -2.53. The van der Waals surface area contributed by atoms with Gasteiger partial charge in [-0.05, 0) is 59.7 Å². The Hall–Kier alpha value is -4.21. The van der Waals surface area contributed by atoms with Gasteiger partial charge >= 0.3 is 0 Å². The normalized spacial score (nSPS) is 11.9. The van der Waals surface area contributed by atoms with Crippen LogP contribution in [0.25, 0.3) is 0 Å². The molecule has 0 saturated heterocycles. The summed E-state index contributed by atoms with van der Waals surface area (Å²) in [6.45, 7) is -0.640. The van der Waals surface area contributed by atoms with Crippen molar-refractivity contribution >= 4 is 39.1 Å². The maximum Gasteiger partial charge on any atom is 0.264 e. The van der Waals surface area contributed by atoms with Crippen molar-refractivity contribution in [3.8, 4) is 0 Å². The summed E-state index contributed by atoms with van der Waals surface area (Å²) in [4.78, 5) is 28.7. The molecule has 10 heteroatoms. The molecule has 2 amide bonds. The zero-order valence-corrected chi connectivity index (χ0v) is 23.9. The SMILES string of the molecule is CNC(=O)C(Cc1ccccc1)N(Cc1cccc(Cl)c1)C(=O)CN(c1ccc(F)cc1)S(=O)(=O)c1ccccc1. The summed E-state index contributed by atoms with van der Waals surface area (Å²) in [6, 6.07) is 27.6. The van der Waals surface area contributed by atoms with Crippen LogP contribution >= 0.6 is 11.6 Å². The predicted octanol–water partition coefficient (Wildman–Crippen LogP) is 5.06. The van der Waals surface area contributed by atoms with Crippen LogP contribution in [-0.4, -0.2) is 44.8 Å². The van der Waals surface area contributed by atoms with Gasteiger partial charge < -0.3 is 10.2 Å². The molecule has 0 spiro atoms. The molecule has 4 aromatic rings. The number of carbonyl (C=O) groups excluding carboxylic acids is 2.